The smallest absolute Gasteiger partial charge is 0.235 e. The largest absolute Gasteiger partial charge is 0.294 e. The van der Waals surface area contributed by atoms with Crippen molar-refractivity contribution in [3.63, 3.8) is 0 Å². The molecular formula is C18H16N6OS. The molecule has 0 saturated carbocycles. The Morgan fingerprint density at radius 2 is 1.85 bits per heavy atom. The summed E-state index contributed by atoms with van der Waals surface area (Å²) < 4.78 is 4.06. The van der Waals surface area contributed by atoms with E-state index in [-0.39, 0.29) is 12.3 Å². The number of aryl methyl sites for hydroxylation is 1. The van der Waals surface area contributed by atoms with E-state index in [4.69, 9.17) is 23.0 Å². The SMILES string of the molecule is NNC(=O)CCn1nc2c(-c3ccccc3)nc3ccccc3n2c1=S. The minimum absolute atomic E-state index is 0.195. The van der Waals surface area contributed by atoms with Crippen molar-refractivity contribution in [3.8, 4) is 11.3 Å². The van der Waals surface area contributed by atoms with Crippen LogP contribution in [0.15, 0.2) is 54.6 Å². The third kappa shape index (κ3) is 2.75. The van der Waals surface area contributed by atoms with Gasteiger partial charge in [-0.15, -0.1) is 5.10 Å². The van der Waals surface area contributed by atoms with Gasteiger partial charge in [-0.1, -0.05) is 42.5 Å². The van der Waals surface area contributed by atoms with Crippen LogP contribution in [0.4, 0.5) is 0 Å². The maximum Gasteiger partial charge on any atom is 0.235 e. The molecule has 7 nitrogen and oxygen atoms in total. The average molecular weight is 364 g/mol. The Balaban J connectivity index is 1.99. The van der Waals surface area contributed by atoms with Gasteiger partial charge in [0.25, 0.3) is 0 Å². The lowest BCUT2D eigenvalue weighted by atomic mass is 10.1. The van der Waals surface area contributed by atoms with Crippen LogP contribution in [-0.4, -0.2) is 25.1 Å². The number of nitrogens with two attached hydrogens (primary N) is 1. The molecule has 130 valence electrons. The third-order valence-electron chi connectivity index (χ3n) is 4.16. The van der Waals surface area contributed by atoms with E-state index in [1.807, 2.05) is 59.0 Å². The second-order valence-electron chi connectivity index (χ2n) is 5.80. The Labute approximate surface area is 154 Å². The molecule has 0 saturated heterocycles. The van der Waals surface area contributed by atoms with Crippen LogP contribution in [0.25, 0.3) is 27.9 Å². The van der Waals surface area contributed by atoms with E-state index < -0.39 is 0 Å². The van der Waals surface area contributed by atoms with Crippen molar-refractivity contribution in [2.75, 3.05) is 0 Å². The van der Waals surface area contributed by atoms with Crippen LogP contribution in [0.3, 0.4) is 0 Å². The number of hydrazine groups is 1. The van der Waals surface area contributed by atoms with E-state index in [0.717, 1.165) is 22.3 Å². The number of carbonyl (C=O) groups excluding carboxylic acids is 1. The predicted octanol–water partition coefficient (Wildman–Crippen LogP) is 2.46. The van der Waals surface area contributed by atoms with Crippen LogP contribution < -0.4 is 11.3 Å². The van der Waals surface area contributed by atoms with E-state index in [1.165, 1.54) is 0 Å². The first-order chi connectivity index (χ1) is 12.7. The van der Waals surface area contributed by atoms with Gasteiger partial charge in [0.2, 0.25) is 10.7 Å². The van der Waals surface area contributed by atoms with Gasteiger partial charge in [0, 0.05) is 12.0 Å². The Morgan fingerprint density at radius 1 is 1.12 bits per heavy atom. The maximum atomic E-state index is 11.5. The number of hydrogen-bond donors (Lipinski definition) is 2. The van der Waals surface area contributed by atoms with Gasteiger partial charge in [0.1, 0.15) is 5.69 Å². The summed E-state index contributed by atoms with van der Waals surface area (Å²) in [4.78, 5) is 16.3. The first-order valence-electron chi connectivity index (χ1n) is 8.12. The second kappa shape index (κ2) is 6.66. The first-order valence-corrected chi connectivity index (χ1v) is 8.53. The van der Waals surface area contributed by atoms with Crippen LogP contribution in [0, 0.1) is 4.77 Å². The van der Waals surface area contributed by atoms with Crippen molar-refractivity contribution in [1.82, 2.24) is 24.6 Å². The number of nitrogens with one attached hydrogen (secondary N) is 1. The predicted molar refractivity (Wildman–Crippen MR) is 102 cm³/mol. The molecule has 0 bridgehead atoms. The lowest BCUT2D eigenvalue weighted by molar-refractivity contribution is -0.121. The lowest BCUT2D eigenvalue weighted by Gasteiger charge is -2.06. The summed E-state index contributed by atoms with van der Waals surface area (Å²) in [5.74, 6) is 4.89. The van der Waals surface area contributed by atoms with Crippen molar-refractivity contribution in [1.29, 1.82) is 0 Å². The highest BCUT2D eigenvalue weighted by Crippen LogP contribution is 2.26. The van der Waals surface area contributed by atoms with E-state index in [1.54, 1.807) is 4.68 Å². The molecule has 1 amide bonds. The number of fused-ring (bicyclic) bond motifs is 3. The molecule has 2 aromatic carbocycles. The molecule has 4 rings (SSSR count). The number of hydrogen-bond acceptors (Lipinski definition) is 5. The normalized spacial score (nSPS) is 11.1. The van der Waals surface area contributed by atoms with Crippen LogP contribution in [-0.2, 0) is 11.3 Å². The van der Waals surface area contributed by atoms with Gasteiger partial charge >= 0.3 is 0 Å². The summed E-state index contributed by atoms with van der Waals surface area (Å²) in [5.41, 5.74) is 6.19. The number of amides is 1. The molecule has 3 N–H and O–H groups in total. The van der Waals surface area contributed by atoms with Crippen molar-refractivity contribution in [3.05, 3.63) is 59.4 Å². The Kier molecular flexibility index (Phi) is 4.19. The Hall–Kier alpha value is -3.10. The summed E-state index contributed by atoms with van der Waals surface area (Å²) in [7, 11) is 0. The summed E-state index contributed by atoms with van der Waals surface area (Å²) in [6.07, 6.45) is 0.195. The highest BCUT2D eigenvalue weighted by atomic mass is 32.1. The molecule has 0 radical (unpaired) electrons. The summed E-state index contributed by atoms with van der Waals surface area (Å²) in [5, 5.41) is 4.64. The molecule has 0 aliphatic rings. The number of benzene rings is 2. The van der Waals surface area contributed by atoms with Crippen LogP contribution >= 0.6 is 12.2 Å². The topological polar surface area (TPSA) is 90.2 Å². The van der Waals surface area contributed by atoms with Crippen LogP contribution in [0.1, 0.15) is 6.42 Å². The Morgan fingerprint density at radius 3 is 2.62 bits per heavy atom. The number of rotatable bonds is 4. The van der Waals surface area contributed by atoms with Crippen molar-refractivity contribution in [2.24, 2.45) is 5.84 Å². The molecule has 2 aromatic heterocycles. The standard InChI is InChI=1S/C18H16N6OS/c19-21-15(25)10-11-23-18(26)24-14-9-5-4-8-13(14)20-16(17(24)22-23)12-6-2-1-3-7-12/h1-9H,10-11,19H2,(H,21,25). The van der Waals surface area contributed by atoms with Gasteiger partial charge in [-0.05, 0) is 24.4 Å². The molecule has 8 heteroatoms. The monoisotopic (exact) mass is 364 g/mol. The third-order valence-corrected chi connectivity index (χ3v) is 4.56. The fourth-order valence-corrected chi connectivity index (χ4v) is 3.23. The van der Waals surface area contributed by atoms with Crippen molar-refractivity contribution in [2.45, 2.75) is 13.0 Å². The number of carbonyl (C=O) groups is 1. The van der Waals surface area contributed by atoms with Gasteiger partial charge in [-0.3, -0.25) is 14.6 Å². The molecule has 0 fully saturated rings. The zero-order chi connectivity index (χ0) is 18.1. The molecule has 4 aromatic rings. The van der Waals surface area contributed by atoms with E-state index in [0.29, 0.717) is 17.0 Å². The highest BCUT2D eigenvalue weighted by Gasteiger charge is 2.15. The van der Waals surface area contributed by atoms with E-state index >= 15 is 0 Å². The minimum Gasteiger partial charge on any atom is -0.294 e. The van der Waals surface area contributed by atoms with Gasteiger partial charge in [-0.25, -0.2) is 15.5 Å². The maximum absolute atomic E-state index is 11.5. The minimum atomic E-state index is -0.268. The van der Waals surface area contributed by atoms with E-state index in [2.05, 4.69) is 10.5 Å². The summed E-state index contributed by atoms with van der Waals surface area (Å²) in [6, 6.07) is 17.6. The molecule has 2 heterocycles. The highest BCUT2D eigenvalue weighted by molar-refractivity contribution is 7.71. The molecule has 0 unspecified atom stereocenters. The van der Waals surface area contributed by atoms with Gasteiger partial charge in [0.05, 0.1) is 17.6 Å². The van der Waals surface area contributed by atoms with Gasteiger partial charge < -0.3 is 0 Å². The number of nitrogens with zero attached hydrogens (tertiary/aromatic N) is 4. The zero-order valence-corrected chi connectivity index (χ0v) is 14.6. The molecule has 0 spiro atoms. The van der Waals surface area contributed by atoms with Crippen molar-refractivity contribution >= 4 is 34.8 Å². The molecule has 0 atom stereocenters. The van der Waals surface area contributed by atoms with Gasteiger partial charge in [0.15, 0.2) is 5.65 Å². The molecule has 0 aliphatic carbocycles. The van der Waals surface area contributed by atoms with E-state index in [9.17, 15) is 4.79 Å². The summed E-state index contributed by atoms with van der Waals surface area (Å²) >= 11 is 5.62. The Bertz CT molecular complexity index is 1160. The summed E-state index contributed by atoms with van der Waals surface area (Å²) in [6.45, 7) is 0.339. The fraction of sp³-hybridized carbons (Fsp3) is 0.111. The number of aromatic nitrogens is 4. The van der Waals surface area contributed by atoms with Crippen LogP contribution in [0.2, 0.25) is 0 Å². The molecular weight excluding hydrogens is 348 g/mol. The number of para-hydroxylation sites is 2. The molecule has 0 aliphatic heterocycles. The van der Waals surface area contributed by atoms with Crippen molar-refractivity contribution < 1.29 is 4.79 Å². The lowest BCUT2D eigenvalue weighted by Crippen LogP contribution is -2.30. The zero-order valence-electron chi connectivity index (χ0n) is 13.8. The average Bonchev–Trinajstić information content (AvgIpc) is 3.03. The quantitative estimate of drug-likeness (QED) is 0.251. The van der Waals surface area contributed by atoms with Crippen LogP contribution in [0.5, 0.6) is 0 Å². The van der Waals surface area contributed by atoms with Gasteiger partial charge in [-0.2, -0.15) is 0 Å². The fourth-order valence-electron chi connectivity index (χ4n) is 2.91. The first kappa shape index (κ1) is 16.4. The molecule has 26 heavy (non-hydrogen) atoms. The second-order valence-corrected chi connectivity index (χ2v) is 6.16.